The van der Waals surface area contributed by atoms with E-state index in [1.807, 2.05) is 6.08 Å². The summed E-state index contributed by atoms with van der Waals surface area (Å²) in [7, 11) is 0. The van der Waals surface area contributed by atoms with Crippen molar-refractivity contribution in [3.63, 3.8) is 0 Å². The molecule has 0 unspecified atom stereocenters. The van der Waals surface area contributed by atoms with E-state index in [0.29, 0.717) is 0 Å². The zero-order valence-corrected chi connectivity index (χ0v) is 10.9. The van der Waals surface area contributed by atoms with Crippen LogP contribution in [0.2, 0.25) is 0 Å². The number of rotatable bonds is 4. The third-order valence-corrected chi connectivity index (χ3v) is 3.86. The van der Waals surface area contributed by atoms with Gasteiger partial charge in [-0.1, -0.05) is 6.08 Å². The first-order valence-electron chi connectivity index (χ1n) is 6.83. The zero-order chi connectivity index (χ0) is 13.8. The number of carbonyl (C=O) groups excluding carboxylic acids is 1. The number of hydrogen-bond donors (Lipinski definition) is 5. The molecule has 1 fully saturated rings. The average Bonchev–Trinajstić information content (AvgIpc) is 2.73. The van der Waals surface area contributed by atoms with E-state index in [1.165, 1.54) is 0 Å². The number of aliphatic hydroxyl groups is 3. The van der Waals surface area contributed by atoms with Crippen LogP contribution in [0.1, 0.15) is 25.7 Å². The normalized spacial score (nSPS) is 35.0. The smallest absolute Gasteiger partial charge is 0.246 e. The van der Waals surface area contributed by atoms with E-state index in [-0.39, 0.29) is 19.1 Å². The summed E-state index contributed by atoms with van der Waals surface area (Å²) in [5, 5.41) is 34.1. The number of carbonyl (C=O) groups is 1. The van der Waals surface area contributed by atoms with Gasteiger partial charge in [0.1, 0.15) is 0 Å². The molecule has 0 spiro atoms. The SMILES string of the molecule is O=C(NC[C@@H]1N[C@H](CO)[C@H](O)[C@@H]1O)C1=CCCCC1. The Hall–Kier alpha value is -0.950. The lowest BCUT2D eigenvalue weighted by atomic mass is 9.99. The van der Waals surface area contributed by atoms with Crippen LogP contribution in [0.3, 0.4) is 0 Å². The van der Waals surface area contributed by atoms with Crippen molar-refractivity contribution in [1.82, 2.24) is 10.6 Å². The fourth-order valence-corrected chi connectivity index (χ4v) is 2.65. The van der Waals surface area contributed by atoms with Crippen molar-refractivity contribution in [2.75, 3.05) is 13.2 Å². The largest absolute Gasteiger partial charge is 0.395 e. The molecule has 1 heterocycles. The third-order valence-electron chi connectivity index (χ3n) is 3.86. The molecule has 6 nitrogen and oxygen atoms in total. The van der Waals surface area contributed by atoms with E-state index in [9.17, 15) is 15.0 Å². The second-order valence-electron chi connectivity index (χ2n) is 5.23. The Labute approximate surface area is 112 Å². The molecule has 0 saturated carbocycles. The van der Waals surface area contributed by atoms with Crippen molar-refractivity contribution in [3.8, 4) is 0 Å². The minimum absolute atomic E-state index is 0.101. The van der Waals surface area contributed by atoms with E-state index >= 15 is 0 Å². The van der Waals surface area contributed by atoms with Gasteiger partial charge in [-0.15, -0.1) is 0 Å². The third kappa shape index (κ3) is 3.33. The zero-order valence-electron chi connectivity index (χ0n) is 10.9. The molecule has 108 valence electrons. The van der Waals surface area contributed by atoms with Crippen LogP contribution >= 0.6 is 0 Å². The summed E-state index contributed by atoms with van der Waals surface area (Å²) < 4.78 is 0. The molecule has 19 heavy (non-hydrogen) atoms. The number of aliphatic hydroxyl groups excluding tert-OH is 3. The molecule has 1 aliphatic heterocycles. The lowest BCUT2D eigenvalue weighted by Gasteiger charge is -2.18. The van der Waals surface area contributed by atoms with Crippen LogP contribution in [-0.4, -0.2) is 58.7 Å². The van der Waals surface area contributed by atoms with E-state index in [2.05, 4.69) is 10.6 Å². The molecule has 0 aromatic rings. The first-order chi connectivity index (χ1) is 9.13. The van der Waals surface area contributed by atoms with Gasteiger partial charge >= 0.3 is 0 Å². The van der Waals surface area contributed by atoms with Gasteiger partial charge in [0.15, 0.2) is 0 Å². The topological polar surface area (TPSA) is 102 Å². The van der Waals surface area contributed by atoms with Gasteiger partial charge < -0.3 is 26.0 Å². The molecule has 4 atom stereocenters. The van der Waals surface area contributed by atoms with Crippen LogP contribution in [0, 0.1) is 0 Å². The minimum atomic E-state index is -0.999. The molecular formula is C13H22N2O4. The number of nitrogens with one attached hydrogen (secondary N) is 2. The summed E-state index contributed by atoms with van der Waals surface area (Å²) in [6, 6.07) is -0.967. The molecular weight excluding hydrogens is 248 g/mol. The Kier molecular flexibility index (Phi) is 4.93. The maximum absolute atomic E-state index is 11.9. The summed E-state index contributed by atoms with van der Waals surface area (Å²) in [6.45, 7) is -0.00126. The first kappa shape index (κ1) is 14.5. The second-order valence-corrected chi connectivity index (χ2v) is 5.23. The molecule has 1 amide bonds. The average molecular weight is 270 g/mol. The van der Waals surface area contributed by atoms with Gasteiger partial charge in [-0.25, -0.2) is 0 Å². The monoisotopic (exact) mass is 270 g/mol. The summed E-state index contributed by atoms with van der Waals surface area (Å²) in [6.07, 6.45) is 3.90. The number of allylic oxidation sites excluding steroid dienone is 1. The van der Waals surface area contributed by atoms with Gasteiger partial charge in [0.2, 0.25) is 5.91 Å². The quantitative estimate of drug-likeness (QED) is 0.435. The van der Waals surface area contributed by atoms with Crippen LogP contribution in [0.4, 0.5) is 0 Å². The van der Waals surface area contributed by atoms with Gasteiger partial charge in [0.05, 0.1) is 30.9 Å². The van der Waals surface area contributed by atoms with Gasteiger partial charge in [0, 0.05) is 12.1 Å². The van der Waals surface area contributed by atoms with Crippen LogP contribution in [0.25, 0.3) is 0 Å². The van der Waals surface area contributed by atoms with E-state index in [4.69, 9.17) is 5.11 Å². The molecule has 2 aliphatic rings. The predicted octanol–water partition coefficient (Wildman–Crippen LogP) is -1.34. The Morgan fingerprint density at radius 3 is 2.63 bits per heavy atom. The highest BCUT2D eigenvalue weighted by molar-refractivity contribution is 5.93. The van der Waals surface area contributed by atoms with Gasteiger partial charge in [0.25, 0.3) is 0 Å². The van der Waals surface area contributed by atoms with Crippen LogP contribution in [0.5, 0.6) is 0 Å². The Morgan fingerprint density at radius 1 is 1.32 bits per heavy atom. The highest BCUT2D eigenvalue weighted by Gasteiger charge is 2.40. The van der Waals surface area contributed by atoms with E-state index in [1.54, 1.807) is 0 Å². The van der Waals surface area contributed by atoms with Crippen molar-refractivity contribution < 1.29 is 20.1 Å². The molecule has 6 heteroatoms. The van der Waals surface area contributed by atoms with Crippen molar-refractivity contribution in [3.05, 3.63) is 11.6 Å². The van der Waals surface area contributed by atoms with Crippen molar-refractivity contribution >= 4 is 5.91 Å². The van der Waals surface area contributed by atoms with Crippen molar-refractivity contribution in [2.45, 2.75) is 50.0 Å². The van der Waals surface area contributed by atoms with Gasteiger partial charge in [-0.05, 0) is 25.7 Å². The molecule has 1 saturated heterocycles. The van der Waals surface area contributed by atoms with Crippen LogP contribution in [0.15, 0.2) is 11.6 Å². The summed E-state index contributed by atoms with van der Waals surface area (Å²) in [4.78, 5) is 11.9. The fourth-order valence-electron chi connectivity index (χ4n) is 2.65. The lowest BCUT2D eigenvalue weighted by molar-refractivity contribution is -0.117. The van der Waals surface area contributed by atoms with E-state index in [0.717, 1.165) is 31.3 Å². The summed E-state index contributed by atoms with van der Waals surface area (Å²) in [5.74, 6) is -0.101. The molecule has 0 aromatic heterocycles. The van der Waals surface area contributed by atoms with Crippen molar-refractivity contribution in [2.24, 2.45) is 0 Å². The summed E-state index contributed by atoms with van der Waals surface area (Å²) in [5.41, 5.74) is 0.804. The second kappa shape index (κ2) is 6.47. The molecule has 0 aromatic carbocycles. The predicted molar refractivity (Wildman–Crippen MR) is 69.4 cm³/mol. The van der Waals surface area contributed by atoms with Gasteiger partial charge in [-0.2, -0.15) is 0 Å². The van der Waals surface area contributed by atoms with Crippen molar-refractivity contribution in [1.29, 1.82) is 0 Å². The molecule has 0 radical (unpaired) electrons. The Bertz CT molecular complexity index is 359. The van der Waals surface area contributed by atoms with Crippen LogP contribution < -0.4 is 10.6 Å². The molecule has 2 rings (SSSR count). The molecule has 0 bridgehead atoms. The lowest BCUT2D eigenvalue weighted by Crippen LogP contribution is -2.44. The molecule has 1 aliphatic carbocycles. The fraction of sp³-hybridized carbons (Fsp3) is 0.769. The highest BCUT2D eigenvalue weighted by Crippen LogP contribution is 2.18. The highest BCUT2D eigenvalue weighted by atomic mass is 16.3. The Morgan fingerprint density at radius 2 is 2.05 bits per heavy atom. The first-order valence-corrected chi connectivity index (χ1v) is 6.83. The number of hydrogen-bond acceptors (Lipinski definition) is 5. The minimum Gasteiger partial charge on any atom is -0.395 e. The standard InChI is InChI=1S/C13H22N2O4/c16-7-10-12(18)11(17)9(15-10)6-14-13(19)8-4-2-1-3-5-8/h4,9-12,15-18H,1-3,5-7H2,(H,14,19)/t9-,10+,11+,12-/m0/s1. The Balaban J connectivity index is 1.82. The maximum atomic E-state index is 11.9. The van der Waals surface area contributed by atoms with Gasteiger partial charge in [-0.3, -0.25) is 4.79 Å². The van der Waals surface area contributed by atoms with Crippen LogP contribution in [-0.2, 0) is 4.79 Å². The maximum Gasteiger partial charge on any atom is 0.246 e. The van der Waals surface area contributed by atoms with E-state index < -0.39 is 24.3 Å². The summed E-state index contributed by atoms with van der Waals surface area (Å²) >= 11 is 0. The molecule has 5 N–H and O–H groups in total. The number of amides is 1.